The van der Waals surface area contributed by atoms with Crippen molar-refractivity contribution in [2.24, 2.45) is 0 Å². The van der Waals surface area contributed by atoms with Crippen LogP contribution in [0.5, 0.6) is 0 Å². The summed E-state index contributed by atoms with van der Waals surface area (Å²) in [6, 6.07) is 5.49. The van der Waals surface area contributed by atoms with Crippen molar-refractivity contribution in [3.63, 3.8) is 0 Å². The SMILES string of the molecule is O=C(O)c1cccnc1NC(=O)c1cc(Cl)cc(Cl)c1Cl. The Labute approximate surface area is 134 Å². The fourth-order valence-electron chi connectivity index (χ4n) is 1.57. The summed E-state index contributed by atoms with van der Waals surface area (Å²) in [6.07, 6.45) is 1.36. The van der Waals surface area contributed by atoms with E-state index in [9.17, 15) is 9.59 Å². The Morgan fingerprint density at radius 3 is 2.52 bits per heavy atom. The highest BCUT2D eigenvalue weighted by Crippen LogP contribution is 2.30. The van der Waals surface area contributed by atoms with E-state index in [0.29, 0.717) is 0 Å². The van der Waals surface area contributed by atoms with Crippen LogP contribution in [0.15, 0.2) is 30.5 Å². The van der Waals surface area contributed by atoms with Crippen molar-refractivity contribution in [3.05, 3.63) is 56.7 Å². The molecule has 0 saturated carbocycles. The summed E-state index contributed by atoms with van der Waals surface area (Å²) in [5, 5.41) is 11.8. The van der Waals surface area contributed by atoms with Gasteiger partial charge in [-0.3, -0.25) is 4.79 Å². The van der Waals surface area contributed by atoms with Gasteiger partial charge in [0.15, 0.2) is 0 Å². The molecule has 1 heterocycles. The molecule has 0 saturated heterocycles. The molecule has 0 aliphatic heterocycles. The van der Waals surface area contributed by atoms with Gasteiger partial charge >= 0.3 is 5.97 Å². The minimum atomic E-state index is -1.21. The number of nitrogens with one attached hydrogen (secondary N) is 1. The molecule has 1 aromatic carbocycles. The molecule has 0 unspecified atom stereocenters. The van der Waals surface area contributed by atoms with Gasteiger partial charge in [-0.15, -0.1) is 0 Å². The number of pyridine rings is 1. The summed E-state index contributed by atoms with van der Waals surface area (Å²) in [5.74, 6) is -1.97. The molecule has 2 N–H and O–H groups in total. The fourth-order valence-corrected chi connectivity index (χ4v) is 2.26. The van der Waals surface area contributed by atoms with Gasteiger partial charge in [-0.25, -0.2) is 9.78 Å². The molecular formula is C13H7Cl3N2O3. The largest absolute Gasteiger partial charge is 0.478 e. The summed E-state index contributed by atoms with van der Waals surface area (Å²) in [5.41, 5.74) is -0.119. The molecule has 5 nitrogen and oxygen atoms in total. The number of aromatic nitrogens is 1. The average Bonchev–Trinajstić information content (AvgIpc) is 2.43. The molecule has 0 aliphatic carbocycles. The molecule has 0 fully saturated rings. The van der Waals surface area contributed by atoms with E-state index >= 15 is 0 Å². The van der Waals surface area contributed by atoms with Gasteiger partial charge in [0.1, 0.15) is 11.4 Å². The van der Waals surface area contributed by atoms with E-state index in [1.165, 1.54) is 30.5 Å². The molecular weight excluding hydrogens is 339 g/mol. The van der Waals surface area contributed by atoms with Crippen LogP contribution < -0.4 is 5.32 Å². The number of rotatable bonds is 3. The molecule has 0 aliphatic rings. The number of carboxylic acids is 1. The van der Waals surface area contributed by atoms with Crippen molar-refractivity contribution in [3.8, 4) is 0 Å². The number of benzene rings is 1. The lowest BCUT2D eigenvalue weighted by Crippen LogP contribution is -2.16. The number of carbonyl (C=O) groups is 2. The summed E-state index contributed by atoms with van der Waals surface area (Å²) >= 11 is 17.6. The lowest BCUT2D eigenvalue weighted by Gasteiger charge is -2.09. The second kappa shape index (κ2) is 6.30. The van der Waals surface area contributed by atoms with Crippen LogP contribution in [0.4, 0.5) is 5.82 Å². The first-order valence-corrected chi connectivity index (χ1v) is 6.67. The zero-order valence-electron chi connectivity index (χ0n) is 10.2. The molecule has 0 spiro atoms. The van der Waals surface area contributed by atoms with Crippen LogP contribution in [0.25, 0.3) is 0 Å². The van der Waals surface area contributed by atoms with Crippen LogP contribution in [-0.4, -0.2) is 22.0 Å². The number of carbonyl (C=O) groups excluding carboxylic acids is 1. The molecule has 2 rings (SSSR count). The first kappa shape index (κ1) is 15.6. The van der Waals surface area contributed by atoms with E-state index < -0.39 is 11.9 Å². The van der Waals surface area contributed by atoms with Gasteiger partial charge in [0.05, 0.1) is 15.6 Å². The maximum atomic E-state index is 12.2. The van der Waals surface area contributed by atoms with Crippen molar-refractivity contribution in [1.82, 2.24) is 4.98 Å². The third-order valence-electron chi connectivity index (χ3n) is 2.51. The van der Waals surface area contributed by atoms with Crippen molar-refractivity contribution in [2.75, 3.05) is 5.32 Å². The molecule has 0 bridgehead atoms. The second-order valence-electron chi connectivity index (χ2n) is 3.91. The van der Waals surface area contributed by atoms with E-state index in [2.05, 4.69) is 10.3 Å². The van der Waals surface area contributed by atoms with Gasteiger partial charge < -0.3 is 10.4 Å². The minimum Gasteiger partial charge on any atom is -0.478 e. The fraction of sp³-hybridized carbons (Fsp3) is 0. The Bertz CT molecular complexity index is 735. The molecule has 1 aromatic heterocycles. The van der Waals surface area contributed by atoms with Gasteiger partial charge in [-0.1, -0.05) is 34.8 Å². The highest BCUT2D eigenvalue weighted by atomic mass is 35.5. The van der Waals surface area contributed by atoms with Crippen LogP contribution in [-0.2, 0) is 0 Å². The predicted molar refractivity (Wildman–Crippen MR) is 80.6 cm³/mol. The summed E-state index contributed by atoms with van der Waals surface area (Å²) in [7, 11) is 0. The number of carboxylic acid groups (broad SMARTS) is 1. The highest BCUT2D eigenvalue weighted by Gasteiger charge is 2.18. The van der Waals surface area contributed by atoms with Gasteiger partial charge in [0.2, 0.25) is 0 Å². The molecule has 21 heavy (non-hydrogen) atoms. The Hall–Kier alpha value is -1.82. The predicted octanol–water partition coefficient (Wildman–Crippen LogP) is 3.99. The van der Waals surface area contributed by atoms with Crippen molar-refractivity contribution in [1.29, 1.82) is 0 Å². The summed E-state index contributed by atoms with van der Waals surface area (Å²) in [4.78, 5) is 27.0. The Balaban J connectivity index is 2.38. The van der Waals surface area contributed by atoms with E-state index in [0.717, 1.165) is 0 Å². The van der Waals surface area contributed by atoms with E-state index in [4.69, 9.17) is 39.9 Å². The first-order valence-electron chi connectivity index (χ1n) is 5.54. The van der Waals surface area contributed by atoms with Crippen molar-refractivity contribution < 1.29 is 14.7 Å². The minimum absolute atomic E-state index is 0.0198. The monoisotopic (exact) mass is 344 g/mol. The van der Waals surface area contributed by atoms with Crippen LogP contribution in [0.1, 0.15) is 20.7 Å². The van der Waals surface area contributed by atoms with Crippen LogP contribution in [0.3, 0.4) is 0 Å². The lowest BCUT2D eigenvalue weighted by atomic mass is 10.2. The molecule has 0 atom stereocenters. The maximum absolute atomic E-state index is 12.2. The molecule has 108 valence electrons. The third-order valence-corrected chi connectivity index (χ3v) is 3.53. The number of amides is 1. The van der Waals surface area contributed by atoms with Crippen LogP contribution >= 0.6 is 34.8 Å². The summed E-state index contributed by atoms with van der Waals surface area (Å²) in [6.45, 7) is 0. The van der Waals surface area contributed by atoms with Gasteiger partial charge in [-0.05, 0) is 24.3 Å². The number of hydrogen-bond acceptors (Lipinski definition) is 3. The Kier molecular flexibility index (Phi) is 4.67. The second-order valence-corrected chi connectivity index (χ2v) is 5.13. The van der Waals surface area contributed by atoms with Crippen LogP contribution in [0, 0.1) is 0 Å². The number of nitrogens with zero attached hydrogens (tertiary/aromatic N) is 1. The lowest BCUT2D eigenvalue weighted by molar-refractivity contribution is 0.0697. The Morgan fingerprint density at radius 2 is 1.86 bits per heavy atom. The standard InChI is InChI=1S/C13H7Cl3N2O3/c14-6-4-8(10(16)9(15)5-6)12(19)18-11-7(13(20)21)2-1-3-17-11/h1-5H,(H,20,21)(H,17,18,19). The first-order chi connectivity index (χ1) is 9.90. The van der Waals surface area contributed by atoms with Gasteiger partial charge in [0, 0.05) is 11.2 Å². The molecule has 2 aromatic rings. The third kappa shape index (κ3) is 3.44. The van der Waals surface area contributed by atoms with E-state index in [1.807, 2.05) is 0 Å². The maximum Gasteiger partial charge on any atom is 0.339 e. The molecule has 8 heteroatoms. The number of aromatic carboxylic acids is 1. The normalized spacial score (nSPS) is 10.2. The smallest absolute Gasteiger partial charge is 0.339 e. The molecule has 1 amide bonds. The number of halogens is 3. The quantitative estimate of drug-likeness (QED) is 0.824. The average molecular weight is 346 g/mol. The van der Waals surface area contributed by atoms with Crippen molar-refractivity contribution in [2.45, 2.75) is 0 Å². The highest BCUT2D eigenvalue weighted by molar-refractivity contribution is 6.45. The number of hydrogen-bond donors (Lipinski definition) is 2. The van der Waals surface area contributed by atoms with Gasteiger partial charge in [0.25, 0.3) is 5.91 Å². The number of anilines is 1. The Morgan fingerprint density at radius 1 is 1.14 bits per heavy atom. The zero-order chi connectivity index (χ0) is 15.6. The summed E-state index contributed by atoms with van der Waals surface area (Å²) < 4.78 is 0. The van der Waals surface area contributed by atoms with Gasteiger partial charge in [-0.2, -0.15) is 0 Å². The van der Waals surface area contributed by atoms with Crippen LogP contribution in [0.2, 0.25) is 15.1 Å². The van der Waals surface area contributed by atoms with E-state index in [1.54, 1.807) is 0 Å². The molecule has 0 radical (unpaired) electrons. The zero-order valence-corrected chi connectivity index (χ0v) is 12.5. The van der Waals surface area contributed by atoms with Crippen molar-refractivity contribution >= 4 is 52.5 Å². The topological polar surface area (TPSA) is 79.3 Å². The van der Waals surface area contributed by atoms with E-state index in [-0.39, 0.29) is 32.0 Å².